The van der Waals surface area contributed by atoms with E-state index in [1.54, 1.807) is 36.7 Å². The second-order valence-electron chi connectivity index (χ2n) is 5.40. The van der Waals surface area contributed by atoms with Crippen LogP contribution in [0.2, 0.25) is 0 Å². The highest BCUT2D eigenvalue weighted by atomic mass is 19.1. The number of amides is 1. The molecule has 0 fully saturated rings. The summed E-state index contributed by atoms with van der Waals surface area (Å²) in [7, 11) is 0. The number of halogens is 2. The minimum Gasteiger partial charge on any atom is -0.322 e. The Morgan fingerprint density at radius 1 is 1.04 bits per heavy atom. The largest absolute Gasteiger partial charge is 0.322 e. The number of carbonyl (C=O) groups excluding carboxylic acids is 1. The van der Waals surface area contributed by atoms with E-state index in [2.05, 4.69) is 10.4 Å². The summed E-state index contributed by atoms with van der Waals surface area (Å²) in [6.07, 6.45) is 0. The molecule has 0 radical (unpaired) electrons. The van der Waals surface area contributed by atoms with Gasteiger partial charge < -0.3 is 5.32 Å². The van der Waals surface area contributed by atoms with Crippen molar-refractivity contribution in [2.75, 3.05) is 5.32 Å². The van der Waals surface area contributed by atoms with Crippen LogP contribution in [0.5, 0.6) is 0 Å². The van der Waals surface area contributed by atoms with Gasteiger partial charge in [-0.25, -0.2) is 13.5 Å². The molecule has 4 nitrogen and oxygen atoms in total. The average molecular weight is 327 g/mol. The van der Waals surface area contributed by atoms with E-state index in [4.69, 9.17) is 0 Å². The predicted molar refractivity (Wildman–Crippen MR) is 87.3 cm³/mol. The van der Waals surface area contributed by atoms with Crippen molar-refractivity contribution in [3.63, 3.8) is 0 Å². The van der Waals surface area contributed by atoms with Gasteiger partial charge in [0.15, 0.2) is 0 Å². The molecule has 0 bridgehead atoms. The molecule has 0 aliphatic heterocycles. The van der Waals surface area contributed by atoms with E-state index in [1.807, 2.05) is 0 Å². The first kappa shape index (κ1) is 15.9. The lowest BCUT2D eigenvalue weighted by atomic mass is 10.1. The Bertz CT molecular complexity index is 901. The van der Waals surface area contributed by atoms with Gasteiger partial charge in [0.2, 0.25) is 0 Å². The van der Waals surface area contributed by atoms with Crippen LogP contribution in [0.4, 0.5) is 14.5 Å². The molecule has 1 aromatic heterocycles. The normalized spacial score (nSPS) is 10.7. The minimum absolute atomic E-state index is 0.343. The van der Waals surface area contributed by atoms with Gasteiger partial charge in [-0.2, -0.15) is 5.10 Å². The van der Waals surface area contributed by atoms with Crippen molar-refractivity contribution >= 4 is 11.6 Å². The van der Waals surface area contributed by atoms with E-state index in [0.717, 1.165) is 0 Å². The van der Waals surface area contributed by atoms with Crippen molar-refractivity contribution in [1.82, 2.24) is 9.78 Å². The van der Waals surface area contributed by atoms with Gasteiger partial charge in [-0.3, -0.25) is 4.79 Å². The standard InChI is InChI=1S/C18H15F2N3O/c1-11-17(18(24)21-15-5-3-4-14(20)10-15)12(2)23(22-11)16-8-6-13(19)7-9-16/h3-10H,1-2H3,(H,21,24). The van der Waals surface area contributed by atoms with Crippen molar-refractivity contribution in [2.45, 2.75) is 13.8 Å². The van der Waals surface area contributed by atoms with Gasteiger partial charge in [-0.1, -0.05) is 6.07 Å². The molecular formula is C18H15F2N3O. The SMILES string of the molecule is Cc1nn(-c2ccc(F)cc2)c(C)c1C(=O)Nc1cccc(F)c1. The topological polar surface area (TPSA) is 46.9 Å². The first-order valence-corrected chi connectivity index (χ1v) is 7.35. The number of rotatable bonds is 3. The Morgan fingerprint density at radius 2 is 1.75 bits per heavy atom. The molecule has 0 aliphatic rings. The van der Waals surface area contributed by atoms with Gasteiger partial charge in [0, 0.05) is 5.69 Å². The van der Waals surface area contributed by atoms with Crippen LogP contribution in [0.3, 0.4) is 0 Å². The number of hydrogen-bond donors (Lipinski definition) is 1. The number of aryl methyl sites for hydroxylation is 1. The summed E-state index contributed by atoms with van der Waals surface area (Å²) in [6.45, 7) is 3.47. The maximum atomic E-state index is 13.2. The summed E-state index contributed by atoms with van der Waals surface area (Å²) in [5.41, 5.74) is 2.58. The molecule has 3 rings (SSSR count). The van der Waals surface area contributed by atoms with Crippen LogP contribution >= 0.6 is 0 Å². The van der Waals surface area contributed by atoms with Crippen LogP contribution in [-0.2, 0) is 0 Å². The van der Waals surface area contributed by atoms with Crippen molar-refractivity contribution in [3.8, 4) is 5.69 Å². The van der Waals surface area contributed by atoms with E-state index < -0.39 is 5.82 Å². The van der Waals surface area contributed by atoms with Crippen LogP contribution < -0.4 is 5.32 Å². The molecule has 122 valence electrons. The summed E-state index contributed by atoms with van der Waals surface area (Å²) in [4.78, 5) is 12.5. The molecule has 0 unspecified atom stereocenters. The molecule has 1 N–H and O–H groups in total. The molecule has 24 heavy (non-hydrogen) atoms. The second kappa shape index (κ2) is 6.23. The predicted octanol–water partition coefficient (Wildman–Crippen LogP) is 4.02. The third-order valence-corrected chi connectivity index (χ3v) is 3.67. The Morgan fingerprint density at radius 3 is 2.42 bits per heavy atom. The van der Waals surface area contributed by atoms with Crippen molar-refractivity contribution in [2.24, 2.45) is 0 Å². The smallest absolute Gasteiger partial charge is 0.259 e. The number of aromatic nitrogens is 2. The molecule has 0 aliphatic carbocycles. The Labute approximate surface area is 137 Å². The molecular weight excluding hydrogens is 312 g/mol. The number of nitrogens with one attached hydrogen (secondary N) is 1. The summed E-state index contributed by atoms with van der Waals surface area (Å²) in [6, 6.07) is 11.5. The zero-order chi connectivity index (χ0) is 17.3. The zero-order valence-corrected chi connectivity index (χ0v) is 13.2. The molecule has 0 atom stereocenters. The molecule has 1 heterocycles. The van der Waals surface area contributed by atoms with Gasteiger partial charge in [-0.05, 0) is 56.3 Å². The monoisotopic (exact) mass is 327 g/mol. The number of hydrogen-bond acceptors (Lipinski definition) is 2. The highest BCUT2D eigenvalue weighted by Gasteiger charge is 2.19. The minimum atomic E-state index is -0.428. The van der Waals surface area contributed by atoms with Crippen LogP contribution in [0, 0.1) is 25.5 Å². The fourth-order valence-corrected chi connectivity index (χ4v) is 2.56. The summed E-state index contributed by atoms with van der Waals surface area (Å²) >= 11 is 0. The maximum Gasteiger partial charge on any atom is 0.259 e. The zero-order valence-electron chi connectivity index (χ0n) is 13.2. The van der Waals surface area contributed by atoms with E-state index in [0.29, 0.717) is 28.3 Å². The number of anilines is 1. The lowest BCUT2D eigenvalue weighted by molar-refractivity contribution is 0.102. The molecule has 0 saturated carbocycles. The number of benzene rings is 2. The summed E-state index contributed by atoms with van der Waals surface area (Å²) in [5, 5.41) is 7.01. The van der Waals surface area contributed by atoms with Crippen LogP contribution in [0.25, 0.3) is 5.69 Å². The molecule has 0 saturated heterocycles. The van der Waals surface area contributed by atoms with Gasteiger partial charge in [0.1, 0.15) is 11.6 Å². The Hall–Kier alpha value is -3.02. The van der Waals surface area contributed by atoms with Crippen molar-refractivity contribution < 1.29 is 13.6 Å². The van der Waals surface area contributed by atoms with Gasteiger partial charge in [0.05, 0.1) is 22.6 Å². The summed E-state index contributed by atoms with van der Waals surface area (Å²) < 4.78 is 27.9. The quantitative estimate of drug-likeness (QED) is 0.790. The maximum absolute atomic E-state index is 13.2. The lowest BCUT2D eigenvalue weighted by Crippen LogP contribution is -2.14. The fraction of sp³-hybridized carbons (Fsp3) is 0.111. The van der Waals surface area contributed by atoms with E-state index in [9.17, 15) is 13.6 Å². The second-order valence-corrected chi connectivity index (χ2v) is 5.40. The first-order valence-electron chi connectivity index (χ1n) is 7.35. The van der Waals surface area contributed by atoms with Gasteiger partial charge in [-0.15, -0.1) is 0 Å². The summed E-state index contributed by atoms with van der Waals surface area (Å²) in [5.74, 6) is -1.14. The van der Waals surface area contributed by atoms with Gasteiger partial charge >= 0.3 is 0 Å². The highest BCUT2D eigenvalue weighted by molar-refractivity contribution is 6.05. The molecule has 2 aromatic carbocycles. The first-order chi connectivity index (χ1) is 11.5. The van der Waals surface area contributed by atoms with Crippen LogP contribution in [0.1, 0.15) is 21.7 Å². The number of nitrogens with zero attached hydrogens (tertiary/aromatic N) is 2. The molecule has 6 heteroatoms. The Kier molecular flexibility index (Phi) is 4.12. The lowest BCUT2D eigenvalue weighted by Gasteiger charge is -2.07. The average Bonchev–Trinajstić information content (AvgIpc) is 2.83. The highest BCUT2D eigenvalue weighted by Crippen LogP contribution is 2.20. The van der Waals surface area contributed by atoms with E-state index >= 15 is 0 Å². The van der Waals surface area contributed by atoms with Crippen LogP contribution in [-0.4, -0.2) is 15.7 Å². The number of carbonyl (C=O) groups is 1. The third kappa shape index (κ3) is 3.03. The van der Waals surface area contributed by atoms with E-state index in [-0.39, 0.29) is 11.7 Å². The fourth-order valence-electron chi connectivity index (χ4n) is 2.56. The van der Waals surface area contributed by atoms with E-state index in [1.165, 1.54) is 30.3 Å². The molecule has 3 aromatic rings. The van der Waals surface area contributed by atoms with Crippen LogP contribution in [0.15, 0.2) is 48.5 Å². The molecule has 1 amide bonds. The third-order valence-electron chi connectivity index (χ3n) is 3.67. The van der Waals surface area contributed by atoms with Gasteiger partial charge in [0.25, 0.3) is 5.91 Å². The van der Waals surface area contributed by atoms with Crippen molar-refractivity contribution in [3.05, 3.63) is 77.1 Å². The Balaban J connectivity index is 1.94. The van der Waals surface area contributed by atoms with Crippen molar-refractivity contribution in [1.29, 1.82) is 0 Å². The molecule has 0 spiro atoms.